The summed E-state index contributed by atoms with van der Waals surface area (Å²) in [6.45, 7) is 5.93. The highest BCUT2D eigenvalue weighted by atomic mass is 16.7. The van der Waals surface area contributed by atoms with E-state index in [0.717, 1.165) is 32.1 Å². The molecule has 4 aliphatic heterocycles. The predicted octanol–water partition coefficient (Wildman–Crippen LogP) is -0.486. The van der Waals surface area contributed by atoms with Gasteiger partial charge in [0.2, 0.25) is 0 Å². The third-order valence-corrected chi connectivity index (χ3v) is 15.6. The van der Waals surface area contributed by atoms with Crippen LogP contribution in [0.1, 0.15) is 72.1 Å². The third-order valence-electron chi connectivity index (χ3n) is 15.6. The number of aliphatic hydroxyl groups excluding tert-OH is 8. The van der Waals surface area contributed by atoms with Crippen molar-refractivity contribution in [1.29, 1.82) is 0 Å². The van der Waals surface area contributed by atoms with Gasteiger partial charge >= 0.3 is 0 Å². The van der Waals surface area contributed by atoms with Gasteiger partial charge in [-0.2, -0.15) is 0 Å². The van der Waals surface area contributed by atoms with Gasteiger partial charge in [0.15, 0.2) is 18.4 Å². The van der Waals surface area contributed by atoms with Gasteiger partial charge in [-0.15, -0.1) is 0 Å². The zero-order chi connectivity index (χ0) is 38.5. The second-order valence-corrected chi connectivity index (χ2v) is 18.1. The van der Waals surface area contributed by atoms with Crippen LogP contribution in [0.2, 0.25) is 0 Å². The molecular formula is C39H60O15. The van der Waals surface area contributed by atoms with Gasteiger partial charge in [-0.1, -0.05) is 32.4 Å². The minimum atomic E-state index is -1.75. The minimum absolute atomic E-state index is 0.0343. The Labute approximate surface area is 315 Å². The van der Waals surface area contributed by atoms with Crippen molar-refractivity contribution >= 4 is 5.78 Å². The van der Waals surface area contributed by atoms with E-state index in [0.29, 0.717) is 37.6 Å². The molecule has 8 N–H and O–H groups in total. The first-order chi connectivity index (χ1) is 25.7. The number of aliphatic hydroxyl groups is 8. The van der Waals surface area contributed by atoms with Gasteiger partial charge in [0.25, 0.3) is 0 Å². The molecule has 4 heterocycles. The number of hydrogen-bond acceptors (Lipinski definition) is 15. The van der Waals surface area contributed by atoms with E-state index in [4.69, 9.17) is 28.4 Å². The highest BCUT2D eigenvalue weighted by Crippen LogP contribution is 2.69. The lowest BCUT2D eigenvalue weighted by molar-refractivity contribution is -0.363. The summed E-state index contributed by atoms with van der Waals surface area (Å²) in [5.41, 5.74) is 0.526. The monoisotopic (exact) mass is 768 g/mol. The number of Topliss-reactive ketones (excluding diaryl/α,β-unsaturated/α-hetero) is 1. The molecule has 8 aliphatic rings. The Morgan fingerprint density at radius 2 is 1.52 bits per heavy atom. The fraction of sp³-hybridized carbons (Fsp3) is 0.923. The second-order valence-electron chi connectivity index (χ2n) is 18.1. The Balaban J connectivity index is 0.925. The van der Waals surface area contributed by atoms with Crippen molar-refractivity contribution in [1.82, 2.24) is 0 Å². The van der Waals surface area contributed by atoms with Gasteiger partial charge in [-0.25, -0.2) is 0 Å². The second kappa shape index (κ2) is 14.6. The summed E-state index contributed by atoms with van der Waals surface area (Å²) in [6, 6.07) is 0. The van der Waals surface area contributed by atoms with E-state index in [-0.39, 0.29) is 53.8 Å². The summed E-state index contributed by atoms with van der Waals surface area (Å²) in [4.78, 5) is 14.5. The van der Waals surface area contributed by atoms with Crippen LogP contribution < -0.4 is 0 Å². The maximum absolute atomic E-state index is 14.5. The standard InChI is InChI=1S/C39H60O15/c1-17-28-24(54-39(17)9-6-18(13-40)16-49-39)11-23-21-5-4-19-10-20(7-8-37(19,2)22(21)12-27(43)38(23,28)3)50-35-33(48)31(46)34(26(15-42)52-35)53-36-32(47)30(45)29(44)25(14-41)51-36/h4,17-18,20-26,28-36,40-42,44-48H,5-16H2,1-3H3. The molecule has 21 unspecified atom stereocenters. The SMILES string of the molecule is CC1C2C(CC3C4CC=C5CC(OC6OC(CO)C(OC7OC(CO)C(O)C(O)C7O)C(O)C6O)CCC5(C)C4CC(=O)C32C)OC12CCC(CO)CO2. The van der Waals surface area contributed by atoms with Crippen molar-refractivity contribution in [3.8, 4) is 0 Å². The molecular weight excluding hydrogens is 708 g/mol. The molecule has 0 bridgehead atoms. The largest absolute Gasteiger partial charge is 0.396 e. The Bertz CT molecular complexity index is 1420. The third kappa shape index (κ3) is 6.02. The highest BCUT2D eigenvalue weighted by molar-refractivity contribution is 5.87. The summed E-state index contributed by atoms with van der Waals surface area (Å²) in [6.07, 6.45) is -7.40. The van der Waals surface area contributed by atoms with E-state index < -0.39 is 85.8 Å². The van der Waals surface area contributed by atoms with Crippen LogP contribution in [0.15, 0.2) is 11.6 Å². The van der Waals surface area contributed by atoms with E-state index in [9.17, 15) is 45.6 Å². The number of hydrogen-bond donors (Lipinski definition) is 8. The van der Waals surface area contributed by atoms with Gasteiger partial charge in [-0.05, 0) is 61.7 Å². The maximum atomic E-state index is 14.5. The van der Waals surface area contributed by atoms with Crippen molar-refractivity contribution < 1.29 is 74.1 Å². The van der Waals surface area contributed by atoms with Crippen molar-refractivity contribution in [2.45, 2.75) is 152 Å². The molecule has 1 spiro atoms. The van der Waals surface area contributed by atoms with Crippen LogP contribution in [0.5, 0.6) is 0 Å². The average molecular weight is 769 g/mol. The highest BCUT2D eigenvalue weighted by Gasteiger charge is 2.71. The molecule has 8 rings (SSSR count). The lowest BCUT2D eigenvalue weighted by Crippen LogP contribution is -2.65. The molecule has 7 fully saturated rings. The summed E-state index contributed by atoms with van der Waals surface area (Å²) >= 11 is 0. The number of ketones is 1. The molecule has 0 radical (unpaired) electrons. The maximum Gasteiger partial charge on any atom is 0.187 e. The van der Waals surface area contributed by atoms with Crippen LogP contribution in [-0.2, 0) is 33.2 Å². The van der Waals surface area contributed by atoms with Crippen molar-refractivity contribution in [3.05, 3.63) is 11.6 Å². The summed E-state index contributed by atoms with van der Waals surface area (Å²) in [7, 11) is 0. The number of carbonyl (C=O) groups excluding carboxylic acids is 1. The van der Waals surface area contributed by atoms with Crippen LogP contribution >= 0.6 is 0 Å². The van der Waals surface area contributed by atoms with Crippen LogP contribution in [-0.4, -0.2) is 152 Å². The van der Waals surface area contributed by atoms with Gasteiger partial charge < -0.3 is 69.3 Å². The fourth-order valence-corrected chi connectivity index (χ4v) is 12.4. The number of rotatable bonds is 7. The molecule has 21 atom stereocenters. The van der Waals surface area contributed by atoms with Crippen LogP contribution in [0.3, 0.4) is 0 Å². The van der Waals surface area contributed by atoms with Crippen LogP contribution in [0, 0.1) is 46.3 Å². The smallest absolute Gasteiger partial charge is 0.187 e. The van der Waals surface area contributed by atoms with Crippen LogP contribution in [0.4, 0.5) is 0 Å². The van der Waals surface area contributed by atoms with Crippen molar-refractivity contribution in [2.75, 3.05) is 26.4 Å². The first kappa shape index (κ1) is 39.7. The molecule has 0 aromatic heterocycles. The van der Waals surface area contributed by atoms with E-state index in [1.54, 1.807) is 0 Å². The Morgan fingerprint density at radius 3 is 2.20 bits per heavy atom. The van der Waals surface area contributed by atoms with E-state index in [1.807, 2.05) is 0 Å². The zero-order valence-electron chi connectivity index (χ0n) is 31.4. The Hall–Kier alpha value is -1.15. The molecule has 306 valence electrons. The quantitative estimate of drug-likeness (QED) is 0.153. The molecule has 54 heavy (non-hydrogen) atoms. The molecule has 0 aromatic carbocycles. The zero-order valence-corrected chi connectivity index (χ0v) is 31.4. The minimum Gasteiger partial charge on any atom is -0.396 e. The number of carbonyl (C=O) groups is 1. The Morgan fingerprint density at radius 1 is 0.815 bits per heavy atom. The molecule has 15 nitrogen and oxygen atoms in total. The number of allylic oxidation sites excluding steroid dienone is 1. The number of fused-ring (bicyclic) bond motifs is 7. The summed E-state index contributed by atoms with van der Waals surface area (Å²) < 4.78 is 36.5. The first-order valence-corrected chi connectivity index (χ1v) is 20.1. The van der Waals surface area contributed by atoms with Gasteiger partial charge in [-0.3, -0.25) is 4.79 Å². The average Bonchev–Trinajstić information content (AvgIpc) is 3.61. The lowest BCUT2D eigenvalue weighted by Gasteiger charge is -2.58. The van der Waals surface area contributed by atoms with Crippen molar-refractivity contribution in [2.24, 2.45) is 46.3 Å². The summed E-state index contributed by atoms with van der Waals surface area (Å²) in [5, 5.41) is 82.4. The predicted molar refractivity (Wildman–Crippen MR) is 185 cm³/mol. The normalized spacial score (nSPS) is 55.8. The summed E-state index contributed by atoms with van der Waals surface area (Å²) in [5.74, 6) is 0.655. The van der Waals surface area contributed by atoms with Gasteiger partial charge in [0.05, 0.1) is 32.0 Å². The topological polar surface area (TPSA) is 234 Å². The van der Waals surface area contributed by atoms with Crippen LogP contribution in [0.25, 0.3) is 0 Å². The van der Waals surface area contributed by atoms with E-state index in [1.165, 1.54) is 5.57 Å². The molecule has 0 aromatic rings. The van der Waals surface area contributed by atoms with Crippen molar-refractivity contribution in [3.63, 3.8) is 0 Å². The Kier molecular flexibility index (Phi) is 10.7. The van der Waals surface area contributed by atoms with E-state index in [2.05, 4.69) is 26.8 Å². The molecule has 0 amide bonds. The first-order valence-electron chi connectivity index (χ1n) is 20.1. The van der Waals surface area contributed by atoms with E-state index >= 15 is 0 Å². The molecule has 3 saturated carbocycles. The van der Waals surface area contributed by atoms with Gasteiger partial charge in [0.1, 0.15) is 54.6 Å². The lowest BCUT2D eigenvalue weighted by atomic mass is 9.46. The number of ether oxygens (including phenoxy) is 6. The fourth-order valence-electron chi connectivity index (χ4n) is 12.4. The molecule has 4 saturated heterocycles. The molecule has 4 aliphatic carbocycles. The van der Waals surface area contributed by atoms with Gasteiger partial charge in [0, 0.05) is 42.6 Å². The molecule has 15 heteroatoms.